The van der Waals surface area contributed by atoms with Crippen LogP contribution in [0, 0.1) is 0 Å². The topological polar surface area (TPSA) is 67.9 Å². The second kappa shape index (κ2) is 5.11. The largest absolute Gasteiger partial charge is 0.440 e. The van der Waals surface area contributed by atoms with Gasteiger partial charge in [-0.25, -0.2) is 4.98 Å². The normalized spacial score (nSPS) is 15.3. The molecule has 2 aromatic rings. The van der Waals surface area contributed by atoms with Crippen LogP contribution in [0.4, 0.5) is 5.95 Å². The van der Waals surface area contributed by atoms with E-state index in [1.54, 1.807) is 6.20 Å². The lowest BCUT2D eigenvalue weighted by Gasteiger charge is -2.14. The summed E-state index contributed by atoms with van der Waals surface area (Å²) >= 11 is 7.15. The highest BCUT2D eigenvalue weighted by atomic mass is 35.5. The zero-order valence-corrected chi connectivity index (χ0v) is 11.0. The van der Waals surface area contributed by atoms with E-state index in [1.807, 2.05) is 0 Å². The van der Waals surface area contributed by atoms with Gasteiger partial charge in [-0.1, -0.05) is 0 Å². The van der Waals surface area contributed by atoms with Crippen LogP contribution < -0.4 is 4.90 Å². The molecule has 0 aliphatic carbocycles. The third kappa shape index (κ3) is 2.56. The quantitative estimate of drug-likeness (QED) is 0.856. The van der Waals surface area contributed by atoms with Crippen LogP contribution in [0.3, 0.4) is 0 Å². The van der Waals surface area contributed by atoms with Gasteiger partial charge in [-0.2, -0.15) is 15.0 Å². The fourth-order valence-corrected chi connectivity index (χ4v) is 2.60. The summed E-state index contributed by atoms with van der Waals surface area (Å²) in [6.45, 7) is 1.92. The first-order chi connectivity index (χ1) is 8.81. The first kappa shape index (κ1) is 11.7. The van der Waals surface area contributed by atoms with Crippen LogP contribution in [0.5, 0.6) is 0 Å². The Morgan fingerprint density at radius 3 is 2.78 bits per heavy atom. The molecule has 0 saturated carbocycles. The molecule has 8 heteroatoms. The third-order valence-corrected chi connectivity index (χ3v) is 3.46. The SMILES string of the molecule is Clc1nc(Sc2ncco2)nc(N2CCCC2)n1. The fourth-order valence-electron chi connectivity index (χ4n) is 1.77. The molecule has 1 saturated heterocycles. The van der Waals surface area contributed by atoms with Crippen molar-refractivity contribution in [3.63, 3.8) is 0 Å². The molecule has 1 aliphatic rings. The number of anilines is 1. The Hall–Kier alpha value is -1.34. The highest BCUT2D eigenvalue weighted by Crippen LogP contribution is 2.26. The van der Waals surface area contributed by atoms with Crippen LogP contribution in [0.25, 0.3) is 0 Å². The maximum absolute atomic E-state index is 5.92. The minimum atomic E-state index is 0.195. The Labute approximate surface area is 113 Å². The predicted octanol–water partition coefficient (Wildman–Crippen LogP) is 2.26. The lowest BCUT2D eigenvalue weighted by Crippen LogP contribution is -2.21. The molecule has 3 rings (SSSR count). The van der Waals surface area contributed by atoms with E-state index in [1.165, 1.54) is 18.0 Å². The molecule has 0 aromatic carbocycles. The van der Waals surface area contributed by atoms with Gasteiger partial charge in [0, 0.05) is 24.9 Å². The molecule has 0 N–H and O–H groups in total. The number of hydrogen-bond acceptors (Lipinski definition) is 7. The summed E-state index contributed by atoms with van der Waals surface area (Å²) in [5.74, 6) is 0.626. The van der Waals surface area contributed by atoms with Crippen molar-refractivity contribution in [2.75, 3.05) is 18.0 Å². The maximum atomic E-state index is 5.92. The zero-order chi connectivity index (χ0) is 12.4. The monoisotopic (exact) mass is 283 g/mol. The summed E-state index contributed by atoms with van der Waals surface area (Å²) < 4.78 is 5.14. The highest BCUT2D eigenvalue weighted by Gasteiger charge is 2.17. The van der Waals surface area contributed by atoms with Gasteiger partial charge >= 0.3 is 0 Å². The molecule has 3 heterocycles. The van der Waals surface area contributed by atoms with Crippen molar-refractivity contribution in [2.45, 2.75) is 23.2 Å². The number of nitrogens with zero attached hydrogens (tertiary/aromatic N) is 5. The number of rotatable bonds is 3. The minimum absolute atomic E-state index is 0.195. The Morgan fingerprint density at radius 2 is 2.06 bits per heavy atom. The first-order valence-corrected chi connectivity index (χ1v) is 6.74. The van der Waals surface area contributed by atoms with Crippen molar-refractivity contribution in [2.24, 2.45) is 0 Å². The van der Waals surface area contributed by atoms with Crippen LogP contribution in [-0.2, 0) is 0 Å². The average molecular weight is 284 g/mol. The molecule has 0 spiro atoms. The van der Waals surface area contributed by atoms with E-state index in [0.29, 0.717) is 16.3 Å². The van der Waals surface area contributed by atoms with Crippen molar-refractivity contribution >= 4 is 29.3 Å². The van der Waals surface area contributed by atoms with Crippen LogP contribution in [0.15, 0.2) is 27.3 Å². The van der Waals surface area contributed by atoms with E-state index in [4.69, 9.17) is 16.0 Å². The molecule has 1 fully saturated rings. The van der Waals surface area contributed by atoms with Gasteiger partial charge in [0.05, 0.1) is 6.20 Å². The van der Waals surface area contributed by atoms with E-state index in [2.05, 4.69) is 24.8 Å². The van der Waals surface area contributed by atoms with Gasteiger partial charge in [0.2, 0.25) is 16.4 Å². The molecule has 1 aliphatic heterocycles. The molecule has 0 bridgehead atoms. The first-order valence-electron chi connectivity index (χ1n) is 5.55. The van der Waals surface area contributed by atoms with Gasteiger partial charge in [0.25, 0.3) is 5.22 Å². The van der Waals surface area contributed by atoms with Gasteiger partial charge < -0.3 is 9.32 Å². The molecule has 0 unspecified atom stereocenters. The van der Waals surface area contributed by atoms with Crippen LogP contribution in [-0.4, -0.2) is 33.0 Å². The summed E-state index contributed by atoms with van der Waals surface area (Å²) in [7, 11) is 0. The smallest absolute Gasteiger partial charge is 0.263 e. The highest BCUT2D eigenvalue weighted by molar-refractivity contribution is 7.98. The van der Waals surface area contributed by atoms with Crippen LogP contribution in [0.1, 0.15) is 12.8 Å². The predicted molar refractivity (Wildman–Crippen MR) is 66.9 cm³/mol. The lowest BCUT2D eigenvalue weighted by atomic mass is 10.4. The standard InChI is InChI=1S/C10H10ClN5OS/c11-7-13-8(16-4-1-2-5-16)15-9(14-7)18-10-12-3-6-17-10/h3,6H,1-2,4-5H2. The van der Waals surface area contributed by atoms with Crippen molar-refractivity contribution in [3.8, 4) is 0 Å². The Kier molecular flexibility index (Phi) is 3.33. The van der Waals surface area contributed by atoms with Crippen LogP contribution >= 0.6 is 23.4 Å². The van der Waals surface area contributed by atoms with Gasteiger partial charge in [-0.05, 0) is 24.4 Å². The van der Waals surface area contributed by atoms with Crippen molar-refractivity contribution in [3.05, 3.63) is 17.7 Å². The van der Waals surface area contributed by atoms with E-state index in [0.717, 1.165) is 25.9 Å². The average Bonchev–Trinajstić information content (AvgIpc) is 3.00. The summed E-state index contributed by atoms with van der Waals surface area (Å²) in [5.41, 5.74) is 0. The Bertz CT molecular complexity index is 529. The van der Waals surface area contributed by atoms with E-state index in [-0.39, 0.29) is 5.28 Å². The third-order valence-electron chi connectivity index (χ3n) is 2.55. The molecule has 6 nitrogen and oxygen atoms in total. The molecule has 18 heavy (non-hydrogen) atoms. The molecule has 94 valence electrons. The summed E-state index contributed by atoms with van der Waals surface area (Å²) in [6, 6.07) is 0. The second-order valence-corrected chi connectivity index (χ2v) is 5.04. The Balaban J connectivity index is 1.85. The van der Waals surface area contributed by atoms with Crippen molar-refractivity contribution < 1.29 is 4.42 Å². The lowest BCUT2D eigenvalue weighted by molar-refractivity contribution is 0.453. The van der Waals surface area contributed by atoms with Crippen LogP contribution in [0.2, 0.25) is 5.28 Å². The van der Waals surface area contributed by atoms with E-state index < -0.39 is 0 Å². The summed E-state index contributed by atoms with van der Waals surface area (Å²) in [4.78, 5) is 18.7. The summed E-state index contributed by atoms with van der Waals surface area (Å²) in [6.07, 6.45) is 5.40. The van der Waals surface area contributed by atoms with E-state index >= 15 is 0 Å². The molecule has 2 aromatic heterocycles. The minimum Gasteiger partial charge on any atom is -0.440 e. The fraction of sp³-hybridized carbons (Fsp3) is 0.400. The van der Waals surface area contributed by atoms with E-state index in [9.17, 15) is 0 Å². The molecular weight excluding hydrogens is 274 g/mol. The molecule has 0 amide bonds. The van der Waals surface area contributed by atoms with Crippen molar-refractivity contribution in [1.29, 1.82) is 0 Å². The maximum Gasteiger partial charge on any atom is 0.263 e. The number of hydrogen-bond donors (Lipinski definition) is 0. The number of aromatic nitrogens is 4. The van der Waals surface area contributed by atoms with Gasteiger partial charge in [-0.15, -0.1) is 0 Å². The molecule has 0 radical (unpaired) electrons. The van der Waals surface area contributed by atoms with Crippen molar-refractivity contribution in [1.82, 2.24) is 19.9 Å². The molecular formula is C10H10ClN5OS. The number of halogens is 1. The van der Waals surface area contributed by atoms with Gasteiger partial charge in [-0.3, -0.25) is 0 Å². The second-order valence-electron chi connectivity index (χ2n) is 3.78. The van der Waals surface area contributed by atoms with Gasteiger partial charge in [0.1, 0.15) is 6.26 Å². The Morgan fingerprint density at radius 1 is 1.22 bits per heavy atom. The zero-order valence-electron chi connectivity index (χ0n) is 9.41. The number of oxazole rings is 1. The molecule has 0 atom stereocenters. The van der Waals surface area contributed by atoms with Gasteiger partial charge in [0.15, 0.2) is 0 Å². The summed E-state index contributed by atoms with van der Waals surface area (Å²) in [5, 5.41) is 1.19.